The number of ether oxygens (including phenoxy) is 18. The Kier molecular flexibility index (Phi) is 32.1. The van der Waals surface area contributed by atoms with Crippen molar-refractivity contribution >= 4 is 17.9 Å². The number of methoxy groups -OCH3 is 7. The zero-order valence-corrected chi connectivity index (χ0v) is 55.2. The average molecular weight is 1260 g/mol. The number of esters is 3. The van der Waals surface area contributed by atoms with Gasteiger partial charge in [0.2, 0.25) is 6.29 Å². The maximum absolute atomic E-state index is 13.6. The van der Waals surface area contributed by atoms with Crippen LogP contribution < -0.4 is 4.74 Å². The second-order valence-corrected chi connectivity index (χ2v) is 24.1. The molecule has 0 bridgehead atoms. The summed E-state index contributed by atoms with van der Waals surface area (Å²) in [7, 11) is 10.3. The molecule has 0 unspecified atom stereocenters. The first kappa shape index (κ1) is 75.5. The zero-order valence-electron chi connectivity index (χ0n) is 55.2. The average Bonchev–Trinajstić information content (AvgIpc) is 3.57. The lowest BCUT2D eigenvalue weighted by Crippen LogP contribution is -2.68. The van der Waals surface area contributed by atoms with Crippen molar-refractivity contribution < 1.29 is 115 Å². The maximum Gasteiger partial charge on any atom is 0.308 e. The van der Waals surface area contributed by atoms with Crippen molar-refractivity contribution in [3.8, 4) is 5.75 Å². The largest absolute Gasteiger partial charge is 0.462 e. The van der Waals surface area contributed by atoms with Crippen LogP contribution in [0.15, 0.2) is 24.3 Å². The van der Waals surface area contributed by atoms with E-state index in [1.54, 1.807) is 33.1 Å². The second-order valence-electron chi connectivity index (χ2n) is 24.1. The fraction of sp³-hybridized carbons (Fsp3) is 0.859. The van der Waals surface area contributed by atoms with E-state index in [4.69, 9.17) is 85.3 Å². The first-order valence-electron chi connectivity index (χ1n) is 31.7. The molecule has 5 rings (SSSR count). The van der Waals surface area contributed by atoms with Gasteiger partial charge < -0.3 is 101 Å². The van der Waals surface area contributed by atoms with E-state index < -0.39 is 148 Å². The number of carbonyl (C=O) groups is 3. The summed E-state index contributed by atoms with van der Waals surface area (Å²) in [6.07, 6.45) is -14.7. The Balaban J connectivity index is 1.36. The first-order valence-corrected chi connectivity index (χ1v) is 31.7. The summed E-state index contributed by atoms with van der Waals surface area (Å²) in [5.41, 5.74) is 0.860. The number of unbranched alkanes of at least 4 members (excludes halogenated alkanes) is 1. The van der Waals surface area contributed by atoms with Gasteiger partial charge in [0.05, 0.1) is 42.9 Å². The van der Waals surface area contributed by atoms with E-state index >= 15 is 0 Å². The van der Waals surface area contributed by atoms with E-state index in [0.29, 0.717) is 43.8 Å². The van der Waals surface area contributed by atoms with E-state index in [9.17, 15) is 29.7 Å². The maximum atomic E-state index is 13.6. The van der Waals surface area contributed by atoms with E-state index in [0.717, 1.165) is 44.1 Å². The molecule has 4 aliphatic rings. The zero-order chi connectivity index (χ0) is 64.9. The van der Waals surface area contributed by atoms with Crippen LogP contribution in [0.2, 0.25) is 0 Å². The summed E-state index contributed by atoms with van der Waals surface area (Å²) in [6.45, 7) is 18.0. The van der Waals surface area contributed by atoms with E-state index in [-0.39, 0.29) is 29.9 Å². The third kappa shape index (κ3) is 20.1. The third-order valence-electron chi connectivity index (χ3n) is 17.6. The molecule has 1 aromatic carbocycles. The molecule has 0 saturated carbocycles. The predicted octanol–water partition coefficient (Wildman–Crippen LogP) is 6.17. The highest BCUT2D eigenvalue weighted by atomic mass is 16.8. The van der Waals surface area contributed by atoms with Gasteiger partial charge >= 0.3 is 17.9 Å². The summed E-state index contributed by atoms with van der Waals surface area (Å²) in [5.74, 6) is -0.952. The Bertz CT molecular complexity index is 2150. The summed E-state index contributed by atoms with van der Waals surface area (Å²) in [5, 5.41) is 33.4. The summed E-state index contributed by atoms with van der Waals surface area (Å²) in [6, 6.07) is 7.39. The van der Waals surface area contributed by atoms with Crippen LogP contribution in [-0.2, 0) is 101 Å². The Hall–Kier alpha value is -3.25. The SMILES string of the molecule is CCC[C@@H](C)C(=O)O[C@H](CCCC[C@H](C)[C@@H](CC)OC)C[C@H](Cc1ccc(O[C@H]2O[C@@H](C)[C@@H](OC)[C@@H](O[C@H]3O[C@H](C)[C@@H](O)[C@@H](O[C@H]4O[C@H](C)[C@H](OC(C)=O)[C@@H](O[C@@H]5O[C@H](CO)[C@@H](OC)[C@H](O)[C@H]5OC)[C@H]4OC)[C@H]3OC)[C@H]2OC)cc1)OC(=O)[C@@H](C)CCC. The Labute approximate surface area is 521 Å². The van der Waals surface area contributed by atoms with Gasteiger partial charge in [-0.25, -0.2) is 0 Å². The van der Waals surface area contributed by atoms with Crippen LogP contribution in [0.25, 0.3) is 0 Å². The molecule has 88 heavy (non-hydrogen) atoms. The summed E-state index contributed by atoms with van der Waals surface area (Å²) < 4.78 is 111. The van der Waals surface area contributed by atoms with Gasteiger partial charge in [-0.1, -0.05) is 72.9 Å². The number of carbonyl (C=O) groups excluding carboxylic acids is 3. The number of aliphatic hydroxyl groups excluding tert-OH is 3. The fourth-order valence-electron chi connectivity index (χ4n) is 12.6. The molecule has 24 heteroatoms. The Morgan fingerprint density at radius 3 is 1.53 bits per heavy atom. The van der Waals surface area contributed by atoms with Crippen molar-refractivity contribution in [2.24, 2.45) is 17.8 Å². The topological polar surface area (TPSA) is 278 Å². The molecule has 0 spiro atoms. The lowest BCUT2D eigenvalue weighted by molar-refractivity contribution is -0.389. The fourth-order valence-corrected chi connectivity index (χ4v) is 12.6. The molecule has 3 N–H and O–H groups in total. The summed E-state index contributed by atoms with van der Waals surface area (Å²) >= 11 is 0. The number of rotatable bonds is 36. The van der Waals surface area contributed by atoms with Gasteiger partial charge in [0, 0.05) is 69.5 Å². The monoisotopic (exact) mass is 1260 g/mol. The molecule has 4 heterocycles. The van der Waals surface area contributed by atoms with Crippen molar-refractivity contribution in [1.82, 2.24) is 0 Å². The molecule has 0 aromatic heterocycles. The van der Waals surface area contributed by atoms with Crippen LogP contribution in [0.1, 0.15) is 139 Å². The molecule has 508 valence electrons. The second kappa shape index (κ2) is 37.4. The van der Waals surface area contributed by atoms with Gasteiger partial charge in [-0.05, 0) is 82.9 Å². The summed E-state index contributed by atoms with van der Waals surface area (Å²) in [4.78, 5) is 39.7. The van der Waals surface area contributed by atoms with E-state index in [1.165, 1.54) is 49.6 Å². The number of aliphatic hydroxyl groups is 3. The molecular formula is C64H108O24. The highest BCUT2D eigenvalue weighted by molar-refractivity contribution is 5.72. The standard InChI is InChI=1S/C64H108O24/c1-18-23-35(5)59(69)82-43(26-22-21-25-34(4)45(20-3)71-11)32-44(83-60(70)36(6)24-19-2)31-41-27-29-42(30-28-41)84-62-57(76-16)54(49(72-12)38(8)79-62)87-63-56(75-15)52(47(67)37(7)78-63)86-64-58(77-17)55(50(39(9)80-64)81-40(10)66)88-61-53(74-14)48(68)51(73-13)46(33-65)85-61/h27-30,34-39,43-58,61-65,67-68H,18-26,31-33H2,1-17H3/t34-,35+,36-,37+,38-,39+,43+,44-,45+,46+,47+,48-,49+,50-,51+,52+,53+,54+,55+,56+,57+,58+,61-,62+,63+,64+/m0/s1. The van der Waals surface area contributed by atoms with Crippen molar-refractivity contribution in [3.63, 3.8) is 0 Å². The minimum absolute atomic E-state index is 0.178. The normalized spacial score (nSPS) is 34.8. The molecule has 0 radical (unpaired) electrons. The molecule has 1 aromatic rings. The van der Waals surface area contributed by atoms with E-state index in [1.807, 2.05) is 46.8 Å². The van der Waals surface area contributed by atoms with Gasteiger partial charge in [-0.3, -0.25) is 14.4 Å². The number of benzene rings is 1. The molecule has 26 atom stereocenters. The molecule has 4 aliphatic heterocycles. The van der Waals surface area contributed by atoms with Crippen LogP contribution >= 0.6 is 0 Å². The lowest BCUT2D eigenvalue weighted by atomic mass is 9.94. The van der Waals surface area contributed by atoms with Gasteiger partial charge in [-0.2, -0.15) is 0 Å². The van der Waals surface area contributed by atoms with Crippen LogP contribution in [-0.4, -0.2) is 231 Å². The van der Waals surface area contributed by atoms with Crippen molar-refractivity contribution in [2.75, 3.05) is 56.4 Å². The molecule has 4 saturated heterocycles. The number of hydrogen-bond donors (Lipinski definition) is 3. The smallest absolute Gasteiger partial charge is 0.308 e. The van der Waals surface area contributed by atoms with E-state index in [2.05, 4.69) is 13.8 Å². The quantitative estimate of drug-likeness (QED) is 0.0385. The highest BCUT2D eigenvalue weighted by Crippen LogP contribution is 2.39. The third-order valence-corrected chi connectivity index (χ3v) is 17.6. The van der Waals surface area contributed by atoms with Gasteiger partial charge in [0.25, 0.3) is 0 Å². The van der Waals surface area contributed by atoms with Crippen LogP contribution in [0.3, 0.4) is 0 Å². The van der Waals surface area contributed by atoms with Crippen LogP contribution in [0.5, 0.6) is 5.75 Å². The number of hydrogen-bond acceptors (Lipinski definition) is 24. The van der Waals surface area contributed by atoms with Crippen molar-refractivity contribution in [1.29, 1.82) is 0 Å². The Morgan fingerprint density at radius 2 is 1.01 bits per heavy atom. The predicted molar refractivity (Wildman–Crippen MR) is 318 cm³/mol. The van der Waals surface area contributed by atoms with Crippen LogP contribution in [0, 0.1) is 17.8 Å². The molecular weight excluding hydrogens is 1150 g/mol. The molecule has 24 nitrogen and oxygen atoms in total. The Morgan fingerprint density at radius 1 is 0.534 bits per heavy atom. The van der Waals surface area contributed by atoms with Gasteiger partial charge in [0.15, 0.2) is 25.0 Å². The van der Waals surface area contributed by atoms with Crippen LogP contribution in [0.4, 0.5) is 0 Å². The van der Waals surface area contributed by atoms with Gasteiger partial charge in [-0.15, -0.1) is 0 Å². The molecule has 0 amide bonds. The lowest BCUT2D eigenvalue weighted by Gasteiger charge is -2.51. The van der Waals surface area contributed by atoms with Gasteiger partial charge in [0.1, 0.15) is 91.2 Å². The molecule has 0 aliphatic carbocycles. The first-order chi connectivity index (χ1) is 42.1. The minimum atomic E-state index is -1.35. The minimum Gasteiger partial charge on any atom is -0.462 e. The molecule has 4 fully saturated rings. The van der Waals surface area contributed by atoms with Crippen molar-refractivity contribution in [2.45, 2.75) is 281 Å². The highest BCUT2D eigenvalue weighted by Gasteiger charge is 2.57. The van der Waals surface area contributed by atoms with Crippen molar-refractivity contribution in [3.05, 3.63) is 29.8 Å².